The Morgan fingerprint density at radius 2 is 1.64 bits per heavy atom. The van der Waals surface area contributed by atoms with Crippen molar-refractivity contribution in [1.29, 1.82) is 0 Å². The summed E-state index contributed by atoms with van der Waals surface area (Å²) in [4.78, 5) is 6.76. The Hall–Kier alpha value is -0.0800. The number of aliphatic imine (C=N–C) groups is 1. The van der Waals surface area contributed by atoms with Crippen LogP contribution in [0.4, 0.5) is 0 Å². The molecule has 0 amide bonds. The van der Waals surface area contributed by atoms with Gasteiger partial charge < -0.3 is 20.3 Å². The van der Waals surface area contributed by atoms with Gasteiger partial charge in [-0.25, -0.2) is 0 Å². The van der Waals surface area contributed by atoms with E-state index in [1.165, 1.54) is 51.5 Å². The molecule has 150 valence electrons. The van der Waals surface area contributed by atoms with Gasteiger partial charge in [0.1, 0.15) is 0 Å². The quantitative estimate of drug-likeness (QED) is 0.199. The Labute approximate surface area is 172 Å². The van der Waals surface area contributed by atoms with Crippen LogP contribution in [0.5, 0.6) is 0 Å². The maximum absolute atomic E-state index is 5.95. The van der Waals surface area contributed by atoms with Crippen molar-refractivity contribution in [2.24, 2.45) is 4.99 Å². The smallest absolute Gasteiger partial charge is 0.190 e. The fraction of sp³-hybridized carbons (Fsp3) is 0.947. The molecule has 5 nitrogen and oxygen atoms in total. The molecule has 1 fully saturated rings. The van der Waals surface area contributed by atoms with Gasteiger partial charge in [0.05, 0.1) is 6.10 Å². The van der Waals surface area contributed by atoms with Gasteiger partial charge in [0.2, 0.25) is 0 Å². The molecule has 0 aromatic rings. The van der Waals surface area contributed by atoms with Gasteiger partial charge in [-0.2, -0.15) is 0 Å². The van der Waals surface area contributed by atoms with Crippen molar-refractivity contribution in [3.8, 4) is 0 Å². The lowest BCUT2D eigenvalue weighted by atomic mass is 9.98. The molecule has 0 atom stereocenters. The molecule has 0 unspecified atom stereocenters. The Kier molecular flexibility index (Phi) is 17.3. The summed E-state index contributed by atoms with van der Waals surface area (Å²) in [5, 5.41) is 6.78. The molecule has 1 saturated carbocycles. The molecule has 0 heterocycles. The van der Waals surface area contributed by atoms with Crippen molar-refractivity contribution in [1.82, 2.24) is 15.5 Å². The van der Waals surface area contributed by atoms with E-state index < -0.39 is 0 Å². The minimum Gasteiger partial charge on any atom is -0.378 e. The number of rotatable bonds is 12. The molecule has 0 radical (unpaired) electrons. The summed E-state index contributed by atoms with van der Waals surface area (Å²) < 4.78 is 5.95. The van der Waals surface area contributed by atoms with Crippen LogP contribution in [0, 0.1) is 0 Å². The summed E-state index contributed by atoms with van der Waals surface area (Å²) in [5.74, 6) is 0.913. The summed E-state index contributed by atoms with van der Waals surface area (Å²) in [5.41, 5.74) is 0. The molecule has 0 aromatic carbocycles. The summed E-state index contributed by atoms with van der Waals surface area (Å²) in [7, 11) is 1.84. The molecule has 1 aliphatic carbocycles. The second-order valence-electron chi connectivity index (χ2n) is 6.64. The van der Waals surface area contributed by atoms with Crippen LogP contribution in [0.25, 0.3) is 0 Å². The van der Waals surface area contributed by atoms with Gasteiger partial charge >= 0.3 is 0 Å². The normalized spacial score (nSPS) is 15.9. The first kappa shape index (κ1) is 24.9. The van der Waals surface area contributed by atoms with Crippen molar-refractivity contribution < 1.29 is 4.74 Å². The van der Waals surface area contributed by atoms with E-state index in [1.807, 2.05) is 7.05 Å². The lowest BCUT2D eigenvalue weighted by Gasteiger charge is -2.22. The van der Waals surface area contributed by atoms with Crippen molar-refractivity contribution in [3.63, 3.8) is 0 Å². The predicted octanol–water partition coefficient (Wildman–Crippen LogP) is 3.63. The highest BCUT2D eigenvalue weighted by Gasteiger charge is 2.12. The highest BCUT2D eigenvalue weighted by Crippen LogP contribution is 2.20. The Morgan fingerprint density at radius 1 is 1.00 bits per heavy atom. The first-order valence-electron chi connectivity index (χ1n) is 10.1. The van der Waals surface area contributed by atoms with Crippen LogP contribution >= 0.6 is 24.0 Å². The van der Waals surface area contributed by atoms with E-state index in [1.54, 1.807) is 0 Å². The maximum atomic E-state index is 5.95. The number of hydrogen-bond donors (Lipinski definition) is 2. The fourth-order valence-corrected chi connectivity index (χ4v) is 3.19. The molecule has 1 rings (SSSR count). The monoisotopic (exact) mass is 468 g/mol. The minimum absolute atomic E-state index is 0. The fourth-order valence-electron chi connectivity index (χ4n) is 3.19. The van der Waals surface area contributed by atoms with Crippen LogP contribution in [0.15, 0.2) is 4.99 Å². The number of unbranched alkanes of at least 4 members (excludes halogenated alkanes) is 1. The van der Waals surface area contributed by atoms with Gasteiger partial charge in [-0.3, -0.25) is 4.99 Å². The van der Waals surface area contributed by atoms with Crippen LogP contribution in [-0.2, 0) is 4.74 Å². The zero-order valence-electron chi connectivity index (χ0n) is 16.7. The Bertz CT molecular complexity index is 319. The van der Waals surface area contributed by atoms with E-state index in [4.69, 9.17) is 4.74 Å². The van der Waals surface area contributed by atoms with Crippen LogP contribution in [0.1, 0.15) is 65.2 Å². The summed E-state index contributed by atoms with van der Waals surface area (Å²) in [6.45, 7) is 10.7. The van der Waals surface area contributed by atoms with Gasteiger partial charge in [0, 0.05) is 26.7 Å². The second-order valence-corrected chi connectivity index (χ2v) is 6.64. The van der Waals surface area contributed by atoms with Gasteiger partial charge in [-0.15, -0.1) is 24.0 Å². The highest BCUT2D eigenvalue weighted by molar-refractivity contribution is 14.0. The Balaban J connectivity index is 0.00000576. The van der Waals surface area contributed by atoms with Gasteiger partial charge in [-0.05, 0) is 51.7 Å². The maximum Gasteiger partial charge on any atom is 0.190 e. The predicted molar refractivity (Wildman–Crippen MR) is 119 cm³/mol. The summed E-state index contributed by atoms with van der Waals surface area (Å²) in [6, 6.07) is 0. The molecule has 1 aliphatic rings. The van der Waals surface area contributed by atoms with Gasteiger partial charge in [-0.1, -0.05) is 33.1 Å². The molecule has 6 heteroatoms. The average molecular weight is 468 g/mol. The van der Waals surface area contributed by atoms with Crippen molar-refractivity contribution >= 4 is 29.9 Å². The lowest BCUT2D eigenvalue weighted by molar-refractivity contribution is 0.0277. The van der Waals surface area contributed by atoms with Gasteiger partial charge in [0.15, 0.2) is 5.96 Å². The molecule has 0 spiro atoms. The van der Waals surface area contributed by atoms with Crippen molar-refractivity contribution in [3.05, 3.63) is 0 Å². The Morgan fingerprint density at radius 3 is 2.24 bits per heavy atom. The molecule has 0 bridgehead atoms. The number of guanidine groups is 1. The third-order valence-corrected chi connectivity index (χ3v) is 4.83. The highest BCUT2D eigenvalue weighted by atomic mass is 127. The zero-order chi connectivity index (χ0) is 17.5. The zero-order valence-corrected chi connectivity index (χ0v) is 19.0. The number of nitrogens with zero attached hydrogens (tertiary/aromatic N) is 2. The molecule has 2 N–H and O–H groups in total. The average Bonchev–Trinajstić information content (AvgIpc) is 2.63. The third kappa shape index (κ3) is 12.8. The molecular weight excluding hydrogens is 427 g/mol. The standard InChI is InChI=1S/C19H40N4O.HI/c1-4-23(5-2)16-10-9-14-21-19(20-3)22-15-11-17-24-18-12-7-6-8-13-18;/h18H,4-17H2,1-3H3,(H2,20,21,22);1H. The van der Waals surface area contributed by atoms with Gasteiger partial charge in [0.25, 0.3) is 0 Å². The SMILES string of the molecule is CCN(CC)CCCCNC(=NC)NCCCOC1CCCCC1.I. The van der Waals surface area contributed by atoms with E-state index in [0.29, 0.717) is 6.10 Å². The summed E-state index contributed by atoms with van der Waals surface area (Å²) >= 11 is 0. The van der Waals surface area contributed by atoms with Crippen molar-refractivity contribution in [2.75, 3.05) is 46.4 Å². The molecule has 25 heavy (non-hydrogen) atoms. The molecule has 0 saturated heterocycles. The largest absolute Gasteiger partial charge is 0.378 e. The van der Waals surface area contributed by atoms with E-state index >= 15 is 0 Å². The number of nitrogens with one attached hydrogen (secondary N) is 2. The van der Waals surface area contributed by atoms with E-state index in [-0.39, 0.29) is 24.0 Å². The van der Waals surface area contributed by atoms with E-state index in [9.17, 15) is 0 Å². The van der Waals surface area contributed by atoms with E-state index in [0.717, 1.165) is 45.2 Å². The lowest BCUT2D eigenvalue weighted by Crippen LogP contribution is -2.38. The van der Waals surface area contributed by atoms with Crippen molar-refractivity contribution in [2.45, 2.75) is 71.3 Å². The number of hydrogen-bond acceptors (Lipinski definition) is 3. The van der Waals surface area contributed by atoms with Crippen LogP contribution in [0.3, 0.4) is 0 Å². The van der Waals surface area contributed by atoms with E-state index in [2.05, 4.69) is 34.4 Å². The minimum atomic E-state index is 0. The van der Waals surface area contributed by atoms with Crippen LogP contribution in [-0.4, -0.2) is 63.3 Å². The van der Waals surface area contributed by atoms with Crippen LogP contribution < -0.4 is 10.6 Å². The summed E-state index contributed by atoms with van der Waals surface area (Å²) in [6.07, 6.45) is 10.6. The first-order chi connectivity index (χ1) is 11.8. The second kappa shape index (κ2) is 17.3. The molecular formula is C19H41IN4O. The number of halogens is 1. The topological polar surface area (TPSA) is 48.9 Å². The molecule has 0 aliphatic heterocycles. The van der Waals surface area contributed by atoms with Crippen LogP contribution in [0.2, 0.25) is 0 Å². The third-order valence-electron chi connectivity index (χ3n) is 4.83. The molecule has 0 aromatic heterocycles. The first-order valence-corrected chi connectivity index (χ1v) is 10.1. The number of ether oxygens (including phenoxy) is 1.